The zero-order valence-corrected chi connectivity index (χ0v) is 16.7. The number of thiazole rings is 1. The van der Waals surface area contributed by atoms with Gasteiger partial charge >= 0.3 is 0 Å². The Labute approximate surface area is 154 Å². The van der Waals surface area contributed by atoms with Crippen LogP contribution in [0.25, 0.3) is 5.69 Å². The molecule has 0 spiro atoms. The first kappa shape index (κ1) is 17.7. The monoisotopic (exact) mass is 350 g/mol. The van der Waals surface area contributed by atoms with Crippen molar-refractivity contribution in [2.75, 3.05) is 0 Å². The largest absolute Gasteiger partial charge is 0.289 e. The molecular formula is C22H26N2S. The van der Waals surface area contributed by atoms with Gasteiger partial charge in [0.05, 0.1) is 5.69 Å². The van der Waals surface area contributed by atoms with Crippen LogP contribution in [-0.4, -0.2) is 4.57 Å². The molecule has 0 saturated carbocycles. The Morgan fingerprint density at radius 3 is 2.12 bits per heavy atom. The lowest BCUT2D eigenvalue weighted by Gasteiger charge is -2.21. The maximum atomic E-state index is 5.00. The number of hydrogen-bond donors (Lipinski definition) is 0. The molecule has 0 aliphatic carbocycles. The van der Waals surface area contributed by atoms with Crippen LogP contribution in [0, 0.1) is 20.8 Å². The van der Waals surface area contributed by atoms with E-state index in [4.69, 9.17) is 4.99 Å². The van der Waals surface area contributed by atoms with Gasteiger partial charge in [0.2, 0.25) is 0 Å². The molecule has 0 unspecified atom stereocenters. The first-order chi connectivity index (χ1) is 11.8. The Kier molecular flexibility index (Phi) is 4.70. The van der Waals surface area contributed by atoms with E-state index in [0.717, 1.165) is 10.5 Å². The molecule has 0 saturated heterocycles. The van der Waals surface area contributed by atoms with Crippen LogP contribution < -0.4 is 4.80 Å². The summed E-state index contributed by atoms with van der Waals surface area (Å²) in [4.78, 5) is 6.01. The number of nitrogens with zero attached hydrogens (tertiary/aromatic N) is 2. The van der Waals surface area contributed by atoms with Crippen molar-refractivity contribution in [2.45, 2.75) is 47.0 Å². The molecule has 2 aromatic carbocycles. The Balaban J connectivity index is 2.25. The van der Waals surface area contributed by atoms with Crippen LogP contribution >= 0.6 is 11.3 Å². The summed E-state index contributed by atoms with van der Waals surface area (Å²) in [5.41, 5.74) is 7.28. The quantitative estimate of drug-likeness (QED) is 0.540. The van der Waals surface area contributed by atoms with Gasteiger partial charge in [0, 0.05) is 22.2 Å². The highest BCUT2D eigenvalue weighted by Crippen LogP contribution is 2.26. The summed E-state index contributed by atoms with van der Waals surface area (Å²) < 4.78 is 2.30. The van der Waals surface area contributed by atoms with Crippen LogP contribution in [0.1, 0.15) is 43.2 Å². The lowest BCUT2D eigenvalue weighted by molar-refractivity contribution is 0.553. The minimum Gasteiger partial charge on any atom is -0.289 e. The number of aromatic nitrogens is 1. The summed E-state index contributed by atoms with van der Waals surface area (Å²) in [6.07, 6.45) is 0. The normalized spacial score (nSPS) is 12.6. The van der Waals surface area contributed by atoms with E-state index in [0.29, 0.717) is 0 Å². The second kappa shape index (κ2) is 6.64. The second-order valence-corrected chi connectivity index (χ2v) is 8.56. The van der Waals surface area contributed by atoms with Crippen molar-refractivity contribution in [1.82, 2.24) is 4.57 Å². The molecule has 0 radical (unpaired) electrons. The van der Waals surface area contributed by atoms with E-state index in [1.165, 1.54) is 28.1 Å². The van der Waals surface area contributed by atoms with Crippen LogP contribution in [0.4, 0.5) is 5.69 Å². The Bertz CT molecular complexity index is 951. The van der Waals surface area contributed by atoms with Gasteiger partial charge in [-0.1, -0.05) is 56.2 Å². The third kappa shape index (κ3) is 3.77. The molecule has 0 amide bonds. The molecule has 1 aromatic heterocycles. The van der Waals surface area contributed by atoms with Crippen molar-refractivity contribution in [3.8, 4) is 5.69 Å². The zero-order chi connectivity index (χ0) is 18.2. The van der Waals surface area contributed by atoms with E-state index in [9.17, 15) is 0 Å². The van der Waals surface area contributed by atoms with Gasteiger partial charge in [-0.2, -0.15) is 0 Å². The predicted octanol–water partition coefficient (Wildman–Crippen LogP) is 5.99. The fraction of sp³-hybridized carbons (Fsp3) is 0.318. The van der Waals surface area contributed by atoms with E-state index in [2.05, 4.69) is 94.0 Å². The third-order valence-corrected chi connectivity index (χ3v) is 5.16. The second-order valence-electron chi connectivity index (χ2n) is 7.73. The van der Waals surface area contributed by atoms with Crippen LogP contribution in [0.3, 0.4) is 0 Å². The van der Waals surface area contributed by atoms with Crippen LogP contribution in [-0.2, 0) is 5.41 Å². The Hall–Kier alpha value is -2.13. The molecule has 3 heteroatoms. The highest BCUT2D eigenvalue weighted by atomic mass is 32.1. The van der Waals surface area contributed by atoms with E-state index < -0.39 is 0 Å². The molecule has 0 atom stereocenters. The summed E-state index contributed by atoms with van der Waals surface area (Å²) in [7, 11) is 0. The first-order valence-electron chi connectivity index (χ1n) is 8.66. The fourth-order valence-corrected chi connectivity index (χ4v) is 4.02. The summed E-state index contributed by atoms with van der Waals surface area (Å²) in [6.45, 7) is 13.1. The Morgan fingerprint density at radius 1 is 0.880 bits per heavy atom. The average Bonchev–Trinajstić information content (AvgIpc) is 2.95. The summed E-state index contributed by atoms with van der Waals surface area (Å²) in [6, 6.07) is 15.1. The standard InChI is InChI=1S/C22H26N2S/c1-15-7-10-18(11-8-15)24-20(22(4,5)6)14-25-21(24)23-19-12-9-16(2)13-17(19)3/h7-14H,1-6H3. The van der Waals surface area contributed by atoms with Crippen LogP contribution in [0.5, 0.6) is 0 Å². The Morgan fingerprint density at radius 2 is 1.52 bits per heavy atom. The van der Waals surface area contributed by atoms with Crippen LogP contribution in [0.2, 0.25) is 0 Å². The van der Waals surface area contributed by atoms with Gasteiger partial charge in [-0.3, -0.25) is 4.57 Å². The van der Waals surface area contributed by atoms with Gasteiger partial charge in [0.15, 0.2) is 4.80 Å². The van der Waals surface area contributed by atoms with Gasteiger partial charge in [-0.25, -0.2) is 4.99 Å². The number of benzene rings is 2. The minimum atomic E-state index is 0.0531. The maximum absolute atomic E-state index is 5.00. The van der Waals surface area contributed by atoms with E-state index in [1.807, 2.05) is 0 Å². The van der Waals surface area contributed by atoms with Gasteiger partial charge in [-0.05, 0) is 44.5 Å². The molecule has 0 bridgehead atoms. The predicted molar refractivity (Wildman–Crippen MR) is 108 cm³/mol. The molecule has 2 nitrogen and oxygen atoms in total. The summed E-state index contributed by atoms with van der Waals surface area (Å²) in [5.74, 6) is 0. The van der Waals surface area contributed by atoms with Gasteiger partial charge in [0.1, 0.15) is 0 Å². The molecule has 1 heterocycles. The SMILES string of the molecule is Cc1ccc(-n2c(C(C)(C)C)csc2=Nc2ccc(C)cc2C)cc1. The smallest absolute Gasteiger partial charge is 0.194 e. The van der Waals surface area contributed by atoms with Gasteiger partial charge in [0.25, 0.3) is 0 Å². The van der Waals surface area contributed by atoms with Gasteiger partial charge in [-0.15, -0.1) is 11.3 Å². The molecule has 0 aliphatic rings. The lowest BCUT2D eigenvalue weighted by Crippen LogP contribution is -2.23. The molecule has 0 aliphatic heterocycles. The molecule has 0 fully saturated rings. The van der Waals surface area contributed by atoms with Crippen molar-refractivity contribution >= 4 is 17.0 Å². The summed E-state index contributed by atoms with van der Waals surface area (Å²) in [5, 5.41) is 2.24. The van der Waals surface area contributed by atoms with Crippen LogP contribution in [0.15, 0.2) is 52.8 Å². The molecule has 3 aromatic rings. The van der Waals surface area contributed by atoms with E-state index >= 15 is 0 Å². The number of aryl methyl sites for hydroxylation is 3. The fourth-order valence-electron chi connectivity index (χ4n) is 2.88. The molecule has 25 heavy (non-hydrogen) atoms. The van der Waals surface area contributed by atoms with Crippen molar-refractivity contribution in [1.29, 1.82) is 0 Å². The van der Waals surface area contributed by atoms with Crippen molar-refractivity contribution < 1.29 is 0 Å². The van der Waals surface area contributed by atoms with E-state index in [1.54, 1.807) is 11.3 Å². The summed E-state index contributed by atoms with van der Waals surface area (Å²) >= 11 is 1.71. The van der Waals surface area contributed by atoms with E-state index in [-0.39, 0.29) is 5.41 Å². The number of hydrogen-bond acceptors (Lipinski definition) is 2. The average molecular weight is 351 g/mol. The van der Waals surface area contributed by atoms with Crippen molar-refractivity contribution in [3.05, 3.63) is 75.0 Å². The van der Waals surface area contributed by atoms with Gasteiger partial charge < -0.3 is 0 Å². The maximum Gasteiger partial charge on any atom is 0.194 e. The minimum absolute atomic E-state index is 0.0531. The molecule has 130 valence electrons. The number of rotatable bonds is 2. The molecule has 0 N–H and O–H groups in total. The molecule has 3 rings (SSSR count). The molecular weight excluding hydrogens is 324 g/mol. The lowest BCUT2D eigenvalue weighted by atomic mass is 9.93. The first-order valence-corrected chi connectivity index (χ1v) is 9.54. The highest BCUT2D eigenvalue weighted by Gasteiger charge is 2.20. The highest BCUT2D eigenvalue weighted by molar-refractivity contribution is 7.07. The zero-order valence-electron chi connectivity index (χ0n) is 15.9. The van der Waals surface area contributed by atoms with Crippen molar-refractivity contribution in [3.63, 3.8) is 0 Å². The van der Waals surface area contributed by atoms with Crippen molar-refractivity contribution in [2.24, 2.45) is 4.99 Å². The third-order valence-electron chi connectivity index (χ3n) is 4.34. The topological polar surface area (TPSA) is 17.3 Å².